The molecule has 6 atom stereocenters. The second kappa shape index (κ2) is 14.6. The molecule has 3 fully saturated rings. The molecule has 2 saturated heterocycles. The maximum Gasteiger partial charge on any atom is 0.417 e. The van der Waals surface area contributed by atoms with Crippen molar-refractivity contribution in [1.82, 2.24) is 9.99 Å². The van der Waals surface area contributed by atoms with E-state index in [9.17, 15) is 32.7 Å². The Morgan fingerprint density at radius 2 is 1.63 bits per heavy atom. The van der Waals surface area contributed by atoms with Crippen molar-refractivity contribution in [3.05, 3.63) is 129 Å². The Labute approximate surface area is 335 Å². The number of hydrazine groups is 1. The molecule has 294 valence electrons. The fraction of sp³-hybridized carbons (Fsp3) is 0.310. The van der Waals surface area contributed by atoms with Gasteiger partial charge in [-0.1, -0.05) is 78.2 Å². The summed E-state index contributed by atoms with van der Waals surface area (Å²) in [4.78, 5) is 64.0. The lowest BCUT2D eigenvalue weighted by Gasteiger charge is -2.50. The van der Waals surface area contributed by atoms with E-state index in [1.165, 1.54) is 4.90 Å². The summed E-state index contributed by atoms with van der Waals surface area (Å²) >= 11 is 12.6. The van der Waals surface area contributed by atoms with Crippen molar-refractivity contribution < 1.29 is 42.2 Å². The minimum absolute atomic E-state index is 0.0115. The van der Waals surface area contributed by atoms with Crippen LogP contribution in [0.15, 0.2) is 96.7 Å². The molecule has 2 aliphatic heterocycles. The summed E-state index contributed by atoms with van der Waals surface area (Å²) < 4.78 is 46.2. The largest absolute Gasteiger partial charge is 0.491 e. The Bertz CT molecular complexity index is 2300. The first-order chi connectivity index (χ1) is 27.3. The molecule has 8 rings (SSSR count). The first kappa shape index (κ1) is 38.6. The number of aryl methyl sites for hydroxylation is 1. The average molecular weight is 820 g/mol. The SMILES string of the molecule is CCc1ccc(N2C(=O)[C@H]3[C@H](CC=C4[C@H]3C[C@H]3C(=O)N(Nc5ncc(C(F)(F)F)cc5Cl)C(=O)[C@@]3(c3ccc(Cl)cc3)[C@H]4c3ccc(OCCO)cc3)C2=O)cc1. The van der Waals surface area contributed by atoms with E-state index in [1.807, 2.05) is 25.1 Å². The normalized spacial score (nSPS) is 25.6. The molecule has 0 spiro atoms. The van der Waals surface area contributed by atoms with E-state index in [0.29, 0.717) is 45.4 Å². The standard InChI is InChI=1S/C42H35Cl2F3N4O6/c1-2-22-3-11-27(12-4-22)50-37(53)30-16-15-29-31(34(30)39(50)55)20-32-38(54)51(49-36-33(44)19-25(21-48-36)42(45,46)47)40(56)41(32,24-7-9-26(43)10-8-24)35(29)23-5-13-28(14-6-23)57-18-17-52/h3-15,19,21,30-32,34-35,52H,2,16-18,20H2,1H3,(H,48,49)/t30-,31+,32-,34-,35-,41+/m0/s1. The van der Waals surface area contributed by atoms with Crippen molar-refractivity contribution in [2.45, 2.75) is 43.7 Å². The van der Waals surface area contributed by atoms with E-state index in [0.717, 1.165) is 17.0 Å². The second-order valence-corrected chi connectivity index (χ2v) is 15.4. The van der Waals surface area contributed by atoms with Gasteiger partial charge in [-0.05, 0) is 84.3 Å². The molecule has 57 heavy (non-hydrogen) atoms. The molecule has 2 aliphatic carbocycles. The van der Waals surface area contributed by atoms with Crippen LogP contribution in [0.1, 0.15) is 47.9 Å². The number of hydrogen-bond donors (Lipinski definition) is 2. The number of nitrogens with zero attached hydrogens (tertiary/aromatic N) is 3. The Kier molecular flexibility index (Phi) is 9.90. The van der Waals surface area contributed by atoms with Crippen molar-refractivity contribution in [1.29, 1.82) is 0 Å². The third kappa shape index (κ3) is 6.27. The number of allylic oxidation sites excluding steroid dienone is 2. The highest BCUT2D eigenvalue weighted by Gasteiger charge is 2.70. The Balaban J connectivity index is 1.28. The highest BCUT2D eigenvalue weighted by Crippen LogP contribution is 2.64. The smallest absolute Gasteiger partial charge is 0.417 e. The fourth-order valence-electron chi connectivity index (χ4n) is 9.21. The first-order valence-electron chi connectivity index (χ1n) is 18.4. The summed E-state index contributed by atoms with van der Waals surface area (Å²) in [5, 5.41) is 9.99. The van der Waals surface area contributed by atoms with Crippen LogP contribution in [-0.4, -0.2) is 51.9 Å². The second-order valence-electron chi connectivity index (χ2n) is 14.6. The van der Waals surface area contributed by atoms with Crippen LogP contribution in [0.4, 0.5) is 24.7 Å². The number of hydrogen-bond acceptors (Lipinski definition) is 8. The number of pyridine rings is 1. The molecule has 0 radical (unpaired) electrons. The van der Waals surface area contributed by atoms with Crippen LogP contribution in [0.5, 0.6) is 5.75 Å². The van der Waals surface area contributed by atoms with Crippen LogP contribution >= 0.6 is 23.2 Å². The van der Waals surface area contributed by atoms with Gasteiger partial charge in [0.05, 0.1) is 46.0 Å². The van der Waals surface area contributed by atoms with Crippen LogP contribution in [0.2, 0.25) is 10.0 Å². The lowest BCUT2D eigenvalue weighted by atomic mass is 9.49. The minimum Gasteiger partial charge on any atom is -0.491 e. The number of imide groups is 2. The van der Waals surface area contributed by atoms with Crippen LogP contribution in [-0.2, 0) is 37.2 Å². The molecular formula is C42H35Cl2F3N4O6. The topological polar surface area (TPSA) is 129 Å². The zero-order valence-corrected chi connectivity index (χ0v) is 31.8. The number of amides is 4. The van der Waals surface area contributed by atoms with Crippen molar-refractivity contribution >= 4 is 58.3 Å². The quantitative estimate of drug-likeness (QED) is 0.131. The number of carbonyl (C=O) groups excluding carboxylic acids is 4. The molecule has 10 nitrogen and oxygen atoms in total. The monoisotopic (exact) mass is 818 g/mol. The first-order valence-corrected chi connectivity index (χ1v) is 19.2. The number of benzene rings is 3. The lowest BCUT2D eigenvalue weighted by Crippen LogP contribution is -2.53. The Morgan fingerprint density at radius 1 is 0.930 bits per heavy atom. The summed E-state index contributed by atoms with van der Waals surface area (Å²) in [6.07, 6.45) is -1.32. The van der Waals surface area contributed by atoms with Gasteiger partial charge in [0.15, 0.2) is 5.82 Å². The number of aliphatic hydroxyl groups excluding tert-OH is 1. The average Bonchev–Trinajstić information content (AvgIpc) is 3.58. The van der Waals surface area contributed by atoms with Crippen LogP contribution in [0.3, 0.4) is 0 Å². The minimum atomic E-state index is -4.75. The number of fused-ring (bicyclic) bond motifs is 4. The molecular weight excluding hydrogens is 784 g/mol. The van der Waals surface area contributed by atoms with E-state index < -0.39 is 69.5 Å². The third-order valence-electron chi connectivity index (χ3n) is 11.7. The molecule has 4 aromatic rings. The molecule has 4 aliphatic rings. The third-order valence-corrected chi connectivity index (χ3v) is 12.3. The number of halogens is 5. The van der Waals surface area contributed by atoms with E-state index in [-0.39, 0.29) is 37.8 Å². The molecule has 1 saturated carbocycles. The molecule has 0 unspecified atom stereocenters. The molecule has 1 aromatic heterocycles. The summed E-state index contributed by atoms with van der Waals surface area (Å²) in [6, 6.07) is 21.3. The van der Waals surface area contributed by atoms with E-state index in [2.05, 4.69) is 10.4 Å². The van der Waals surface area contributed by atoms with Gasteiger partial charge in [0.1, 0.15) is 12.4 Å². The van der Waals surface area contributed by atoms with Crippen LogP contribution in [0.25, 0.3) is 0 Å². The van der Waals surface area contributed by atoms with Crippen LogP contribution < -0.4 is 15.1 Å². The summed E-state index contributed by atoms with van der Waals surface area (Å²) in [5.74, 6) is -6.37. The fourth-order valence-corrected chi connectivity index (χ4v) is 9.55. The van der Waals surface area contributed by atoms with Gasteiger partial charge in [0.2, 0.25) is 11.8 Å². The maximum atomic E-state index is 15.3. The number of aliphatic hydroxyl groups is 1. The number of rotatable bonds is 9. The predicted molar refractivity (Wildman–Crippen MR) is 204 cm³/mol. The molecule has 0 bridgehead atoms. The predicted octanol–water partition coefficient (Wildman–Crippen LogP) is 7.53. The molecule has 2 N–H and O–H groups in total. The summed E-state index contributed by atoms with van der Waals surface area (Å²) in [6.45, 7) is 1.83. The summed E-state index contributed by atoms with van der Waals surface area (Å²) in [5.41, 5.74) is 3.05. The van der Waals surface area contributed by atoms with Crippen molar-refractivity contribution in [2.24, 2.45) is 23.7 Å². The highest BCUT2D eigenvalue weighted by atomic mass is 35.5. The van der Waals surface area contributed by atoms with Gasteiger partial charge in [-0.3, -0.25) is 29.5 Å². The number of nitrogens with one attached hydrogen (secondary N) is 1. The molecule has 4 amide bonds. The van der Waals surface area contributed by atoms with E-state index in [4.69, 9.17) is 27.9 Å². The highest BCUT2D eigenvalue weighted by molar-refractivity contribution is 6.33. The van der Waals surface area contributed by atoms with Gasteiger partial charge in [-0.2, -0.15) is 18.2 Å². The number of ether oxygens (including phenoxy) is 1. The van der Waals surface area contributed by atoms with Gasteiger partial charge >= 0.3 is 6.18 Å². The lowest BCUT2D eigenvalue weighted by molar-refractivity contribution is -0.139. The Hall–Kier alpha value is -5.24. The van der Waals surface area contributed by atoms with E-state index >= 15 is 4.79 Å². The maximum absolute atomic E-state index is 15.3. The van der Waals surface area contributed by atoms with Gasteiger partial charge in [-0.15, -0.1) is 0 Å². The van der Waals surface area contributed by atoms with Gasteiger partial charge < -0.3 is 9.84 Å². The van der Waals surface area contributed by atoms with Gasteiger partial charge in [0.25, 0.3) is 11.8 Å². The van der Waals surface area contributed by atoms with E-state index in [1.54, 1.807) is 60.7 Å². The van der Waals surface area contributed by atoms with Crippen molar-refractivity contribution in [3.8, 4) is 5.75 Å². The van der Waals surface area contributed by atoms with Gasteiger partial charge in [-0.25, -0.2) is 4.98 Å². The zero-order chi connectivity index (χ0) is 40.4. The molecule has 3 aromatic carbocycles. The number of anilines is 2. The van der Waals surface area contributed by atoms with Gasteiger partial charge in [0, 0.05) is 17.1 Å². The summed E-state index contributed by atoms with van der Waals surface area (Å²) in [7, 11) is 0. The molecule has 3 heterocycles. The van der Waals surface area contributed by atoms with Crippen molar-refractivity contribution in [2.75, 3.05) is 23.5 Å². The van der Waals surface area contributed by atoms with Crippen molar-refractivity contribution in [3.63, 3.8) is 0 Å². The molecule has 15 heteroatoms. The number of aromatic nitrogens is 1. The Morgan fingerprint density at radius 3 is 2.26 bits per heavy atom. The zero-order valence-electron chi connectivity index (χ0n) is 30.3. The number of carbonyl (C=O) groups is 4. The van der Waals surface area contributed by atoms with Crippen LogP contribution in [0, 0.1) is 23.7 Å². The number of alkyl halides is 3.